The molecule has 5 saturated carbocycles. The monoisotopic (exact) mass is 815 g/mol. The molecule has 57 heavy (non-hydrogen) atoms. The van der Waals surface area contributed by atoms with Crippen LogP contribution in [0.1, 0.15) is 106 Å². The minimum absolute atomic E-state index is 0.0107. The number of aliphatic hydroxyl groups excluding tert-OH is 11. The highest BCUT2D eigenvalue weighted by molar-refractivity contribution is 5.21. The van der Waals surface area contributed by atoms with Crippen LogP contribution in [-0.2, 0) is 14.2 Å². The van der Waals surface area contributed by atoms with Crippen LogP contribution in [-0.4, -0.2) is 155 Å². The molecule has 0 aromatic carbocycles. The van der Waals surface area contributed by atoms with Crippen LogP contribution in [0, 0.1) is 51.2 Å². The van der Waals surface area contributed by atoms with Gasteiger partial charge in [-0.25, -0.2) is 0 Å². The molecular weight excluding hydrogens is 740 g/mol. The van der Waals surface area contributed by atoms with Crippen molar-refractivity contribution in [1.29, 1.82) is 0 Å². The summed E-state index contributed by atoms with van der Waals surface area (Å²) in [6.07, 6.45) is -8.29. The predicted molar refractivity (Wildman–Crippen MR) is 207 cm³/mol. The summed E-state index contributed by atoms with van der Waals surface area (Å²) in [6.45, 7) is 13.8. The Labute approximate surface area is 337 Å². The molecule has 6 fully saturated rings. The minimum Gasteiger partial charge on any atom is -0.396 e. The van der Waals surface area contributed by atoms with E-state index in [1.54, 1.807) is 0 Å². The van der Waals surface area contributed by atoms with Crippen molar-refractivity contribution in [3.8, 4) is 0 Å². The van der Waals surface area contributed by atoms with Gasteiger partial charge in [-0.05, 0) is 105 Å². The summed E-state index contributed by atoms with van der Waals surface area (Å²) < 4.78 is 19.0. The molecule has 5 aliphatic carbocycles. The molecule has 330 valence electrons. The number of aliphatic hydroxyl groups is 11. The van der Waals surface area contributed by atoms with E-state index >= 15 is 0 Å². The van der Waals surface area contributed by atoms with Crippen molar-refractivity contribution in [2.45, 2.75) is 185 Å². The van der Waals surface area contributed by atoms with Gasteiger partial charge in [-0.3, -0.25) is 0 Å². The van der Waals surface area contributed by atoms with E-state index in [2.05, 4.69) is 34.6 Å². The van der Waals surface area contributed by atoms with Gasteiger partial charge in [-0.15, -0.1) is 0 Å². The molecule has 1 saturated heterocycles. The quantitative estimate of drug-likeness (QED) is 0.129. The van der Waals surface area contributed by atoms with Crippen molar-refractivity contribution in [2.24, 2.45) is 51.2 Å². The fourth-order valence-electron chi connectivity index (χ4n) is 13.6. The largest absolute Gasteiger partial charge is 0.396 e. The summed E-state index contributed by atoms with van der Waals surface area (Å²) in [7, 11) is 0. The van der Waals surface area contributed by atoms with E-state index in [0.717, 1.165) is 24.8 Å². The van der Waals surface area contributed by atoms with Crippen LogP contribution in [0.15, 0.2) is 11.6 Å². The van der Waals surface area contributed by atoms with Gasteiger partial charge in [-0.1, -0.05) is 46.3 Å². The number of allylic oxidation sites excluding steroid dienone is 1. The van der Waals surface area contributed by atoms with E-state index < -0.39 is 102 Å². The molecule has 21 atom stereocenters. The van der Waals surface area contributed by atoms with Gasteiger partial charge in [0.15, 0.2) is 6.29 Å². The average molecular weight is 815 g/mol. The molecule has 11 N–H and O–H groups in total. The molecule has 1 heterocycles. The van der Waals surface area contributed by atoms with Crippen LogP contribution in [0.2, 0.25) is 0 Å². The van der Waals surface area contributed by atoms with Crippen molar-refractivity contribution >= 4 is 0 Å². The summed E-state index contributed by atoms with van der Waals surface area (Å²) in [4.78, 5) is 0. The summed E-state index contributed by atoms with van der Waals surface area (Å²) in [5, 5.41) is 120. The molecule has 0 amide bonds. The molecule has 1 aliphatic heterocycles. The van der Waals surface area contributed by atoms with Crippen LogP contribution in [0.3, 0.4) is 0 Å². The number of fused-ring (bicyclic) bond motifs is 5. The van der Waals surface area contributed by atoms with E-state index in [1.165, 1.54) is 0 Å². The van der Waals surface area contributed by atoms with Gasteiger partial charge < -0.3 is 70.4 Å². The molecule has 0 radical (unpaired) electrons. The Balaban J connectivity index is 1.27. The maximum absolute atomic E-state index is 12.4. The topological polar surface area (TPSA) is 250 Å². The van der Waals surface area contributed by atoms with E-state index in [9.17, 15) is 56.2 Å². The lowest BCUT2D eigenvalue weighted by Crippen LogP contribution is -2.70. The average Bonchev–Trinajstić information content (AvgIpc) is 3.55. The Morgan fingerprint density at radius 1 is 0.754 bits per heavy atom. The van der Waals surface area contributed by atoms with Gasteiger partial charge in [0.05, 0.1) is 49.3 Å². The van der Waals surface area contributed by atoms with Crippen molar-refractivity contribution in [3.63, 3.8) is 0 Å². The second-order valence-electron chi connectivity index (χ2n) is 20.6. The molecule has 0 aromatic rings. The lowest BCUT2D eigenvalue weighted by atomic mass is 9.34. The van der Waals surface area contributed by atoms with Gasteiger partial charge in [0.2, 0.25) is 0 Å². The van der Waals surface area contributed by atoms with Gasteiger partial charge in [0, 0.05) is 24.4 Å². The Morgan fingerprint density at radius 2 is 1.40 bits per heavy atom. The lowest BCUT2D eigenvalue weighted by molar-refractivity contribution is -0.340. The number of ether oxygens (including phenoxy) is 3. The number of hydrogen-bond acceptors (Lipinski definition) is 14. The van der Waals surface area contributed by atoms with E-state index in [0.29, 0.717) is 32.1 Å². The van der Waals surface area contributed by atoms with Crippen LogP contribution in [0.5, 0.6) is 0 Å². The SMILES string of the molecule is CC(=CCCC(C)(OC1OC(COC2CC(CO)C(O)C(O)C2O)C(O)C(O)C1O)C1CCC2(C)C1C(O)CC1C3(C)C(O)CC(O)C(C)(C)C3CCC12C)CO. The van der Waals surface area contributed by atoms with E-state index in [1.807, 2.05) is 19.9 Å². The van der Waals surface area contributed by atoms with Crippen LogP contribution in [0.25, 0.3) is 0 Å². The van der Waals surface area contributed by atoms with Crippen LogP contribution >= 0.6 is 0 Å². The Bertz CT molecular complexity index is 1430. The Morgan fingerprint density at radius 3 is 2.05 bits per heavy atom. The molecule has 0 spiro atoms. The van der Waals surface area contributed by atoms with Crippen LogP contribution in [0.4, 0.5) is 0 Å². The van der Waals surface area contributed by atoms with Crippen molar-refractivity contribution in [1.82, 2.24) is 0 Å². The summed E-state index contributed by atoms with van der Waals surface area (Å²) in [6, 6.07) is 0. The number of hydrogen-bond donors (Lipinski definition) is 11. The van der Waals surface area contributed by atoms with Crippen molar-refractivity contribution < 1.29 is 70.4 Å². The smallest absolute Gasteiger partial charge is 0.187 e. The summed E-state index contributed by atoms with van der Waals surface area (Å²) in [5.41, 5.74) is -1.83. The zero-order valence-corrected chi connectivity index (χ0v) is 35.0. The molecule has 0 bridgehead atoms. The third-order valence-corrected chi connectivity index (χ3v) is 17.5. The first-order chi connectivity index (χ1) is 26.5. The van der Waals surface area contributed by atoms with Gasteiger partial charge in [0.1, 0.15) is 36.6 Å². The molecule has 21 unspecified atom stereocenters. The first kappa shape index (κ1) is 45.7. The third-order valence-electron chi connectivity index (χ3n) is 17.5. The zero-order valence-electron chi connectivity index (χ0n) is 35.0. The van der Waals surface area contributed by atoms with Gasteiger partial charge in [-0.2, -0.15) is 0 Å². The van der Waals surface area contributed by atoms with Crippen molar-refractivity contribution in [2.75, 3.05) is 19.8 Å². The normalized spacial score (nSPS) is 52.4. The highest BCUT2D eigenvalue weighted by Crippen LogP contribution is 2.76. The maximum atomic E-state index is 12.4. The van der Waals surface area contributed by atoms with Crippen LogP contribution < -0.4 is 0 Å². The molecule has 14 nitrogen and oxygen atoms in total. The molecule has 6 rings (SSSR count). The first-order valence-corrected chi connectivity index (χ1v) is 21.5. The zero-order chi connectivity index (χ0) is 42.2. The molecular formula is C43H74O14. The van der Waals surface area contributed by atoms with Crippen molar-refractivity contribution in [3.05, 3.63) is 11.6 Å². The third kappa shape index (κ3) is 7.40. The fourth-order valence-corrected chi connectivity index (χ4v) is 13.6. The lowest BCUT2D eigenvalue weighted by Gasteiger charge is -2.71. The van der Waals surface area contributed by atoms with Gasteiger partial charge in [0.25, 0.3) is 0 Å². The minimum atomic E-state index is -1.69. The Kier molecular flexibility index (Phi) is 13.2. The highest BCUT2D eigenvalue weighted by atomic mass is 16.7. The maximum Gasteiger partial charge on any atom is 0.187 e. The summed E-state index contributed by atoms with van der Waals surface area (Å²) >= 11 is 0. The van der Waals surface area contributed by atoms with Gasteiger partial charge >= 0.3 is 0 Å². The van der Waals surface area contributed by atoms with E-state index in [4.69, 9.17) is 14.2 Å². The predicted octanol–water partition coefficient (Wildman–Crippen LogP) is 0.756. The standard InChI is InChI=1S/C43H74O14/c1-21(18-44)9-8-12-42(6,57-38-37(54)36(53)34(51)26(56-38)20-55-25-15-22(19-45)32(49)35(52)33(25)50)23-10-13-41(5)31(23)24(46)16-28-40(41,4)14-11-27-39(2,3)29(47)17-30(48)43(27,28)7/h9,22-38,44-54H,8,10-20H2,1-7H3. The number of rotatable bonds is 11. The fraction of sp³-hybridized carbons (Fsp3) is 0.953. The second kappa shape index (κ2) is 16.5. The highest BCUT2D eigenvalue weighted by Gasteiger charge is 2.73. The molecule has 14 heteroatoms. The first-order valence-electron chi connectivity index (χ1n) is 21.5. The van der Waals surface area contributed by atoms with E-state index in [-0.39, 0.29) is 54.1 Å². The second-order valence-corrected chi connectivity index (χ2v) is 20.6. The molecule has 0 aromatic heterocycles. The summed E-state index contributed by atoms with van der Waals surface area (Å²) in [5.74, 6) is -1.18. The molecule has 6 aliphatic rings. The Hall–Kier alpha value is -0.820.